The Morgan fingerprint density at radius 2 is 2.00 bits per heavy atom. The zero-order valence-corrected chi connectivity index (χ0v) is 6.51. The molecule has 0 fully saturated rings. The first-order chi connectivity index (χ1) is 4.63. The third kappa shape index (κ3) is 2.17. The molecule has 58 valence electrons. The maximum Gasteiger partial charge on any atom is 0.374 e. The van der Waals surface area contributed by atoms with Gasteiger partial charge in [-0.25, -0.2) is 4.79 Å². The summed E-state index contributed by atoms with van der Waals surface area (Å²) < 4.78 is 4.25. The van der Waals surface area contributed by atoms with Crippen molar-refractivity contribution in [3.63, 3.8) is 0 Å². The van der Waals surface area contributed by atoms with Crippen molar-refractivity contribution in [2.75, 3.05) is 7.11 Å². The van der Waals surface area contributed by atoms with Gasteiger partial charge in [0.1, 0.15) is 0 Å². The Hall–Kier alpha value is -0.860. The molecule has 0 rings (SSSR count). The Morgan fingerprint density at radius 3 is 2.30 bits per heavy atom. The average molecular weight is 144 g/mol. The Kier molecular flexibility index (Phi) is 3.69. The lowest BCUT2D eigenvalue weighted by Gasteiger charge is -2.03. The predicted octanol–water partition coefficient (Wildman–Crippen LogP) is 0.775. The summed E-state index contributed by atoms with van der Waals surface area (Å²) in [7, 11) is 1.21. The van der Waals surface area contributed by atoms with E-state index in [1.807, 2.05) is 6.92 Å². The molecule has 1 atom stereocenters. The molecule has 0 aromatic heterocycles. The molecule has 0 saturated carbocycles. The fourth-order valence-corrected chi connectivity index (χ4v) is 0.487. The number of carbonyl (C=O) groups is 2. The van der Waals surface area contributed by atoms with E-state index in [4.69, 9.17) is 0 Å². The van der Waals surface area contributed by atoms with Crippen molar-refractivity contribution in [3.8, 4) is 0 Å². The van der Waals surface area contributed by atoms with E-state index >= 15 is 0 Å². The molecule has 3 nitrogen and oxygen atoms in total. The van der Waals surface area contributed by atoms with E-state index in [2.05, 4.69) is 4.74 Å². The number of ether oxygens (including phenoxy) is 1. The highest BCUT2D eigenvalue weighted by Gasteiger charge is 2.19. The van der Waals surface area contributed by atoms with E-state index < -0.39 is 11.8 Å². The molecule has 0 aliphatic rings. The van der Waals surface area contributed by atoms with Crippen molar-refractivity contribution >= 4 is 11.8 Å². The second-order valence-corrected chi connectivity index (χ2v) is 2.17. The minimum Gasteiger partial charge on any atom is -0.463 e. The second-order valence-electron chi connectivity index (χ2n) is 2.17. The normalized spacial score (nSPS) is 12.3. The van der Waals surface area contributed by atoms with Crippen molar-refractivity contribution in [2.24, 2.45) is 5.92 Å². The molecule has 0 saturated heterocycles. The van der Waals surface area contributed by atoms with E-state index in [0.717, 1.165) is 0 Å². The van der Waals surface area contributed by atoms with Gasteiger partial charge in [-0.2, -0.15) is 0 Å². The zero-order valence-electron chi connectivity index (χ0n) is 6.51. The van der Waals surface area contributed by atoms with Gasteiger partial charge in [-0.15, -0.1) is 0 Å². The highest BCUT2D eigenvalue weighted by molar-refractivity contribution is 6.34. The maximum absolute atomic E-state index is 10.8. The average Bonchev–Trinajstić information content (AvgIpc) is 2.00. The fourth-order valence-electron chi connectivity index (χ4n) is 0.487. The molecule has 10 heavy (non-hydrogen) atoms. The van der Waals surface area contributed by atoms with Gasteiger partial charge < -0.3 is 4.74 Å². The fraction of sp³-hybridized carbons (Fsp3) is 0.714. The molecule has 0 amide bonds. The van der Waals surface area contributed by atoms with Crippen LogP contribution in [0.2, 0.25) is 0 Å². The monoisotopic (exact) mass is 144 g/mol. The molecule has 0 aliphatic heterocycles. The zero-order chi connectivity index (χ0) is 8.15. The topological polar surface area (TPSA) is 43.4 Å². The first kappa shape index (κ1) is 9.14. The van der Waals surface area contributed by atoms with Gasteiger partial charge >= 0.3 is 5.97 Å². The molecular weight excluding hydrogens is 132 g/mol. The van der Waals surface area contributed by atoms with Crippen LogP contribution in [0.5, 0.6) is 0 Å². The minimum atomic E-state index is -0.741. The second kappa shape index (κ2) is 4.04. The number of hydrogen-bond acceptors (Lipinski definition) is 3. The lowest BCUT2D eigenvalue weighted by atomic mass is 10.0. The van der Waals surface area contributed by atoms with Crippen LogP contribution in [0.4, 0.5) is 0 Å². The summed E-state index contributed by atoms with van der Waals surface area (Å²) in [5.74, 6) is -1.40. The largest absolute Gasteiger partial charge is 0.463 e. The standard InChI is InChI=1S/C7H12O3/c1-4-5(2)6(8)7(9)10-3/h5H,4H2,1-3H3. The molecule has 0 spiro atoms. The summed E-state index contributed by atoms with van der Waals surface area (Å²) in [5.41, 5.74) is 0. The molecule has 0 heterocycles. The van der Waals surface area contributed by atoms with Gasteiger partial charge in [-0.1, -0.05) is 13.8 Å². The molecule has 0 aromatic rings. The first-order valence-corrected chi connectivity index (χ1v) is 3.25. The van der Waals surface area contributed by atoms with Crippen LogP contribution in [0.1, 0.15) is 20.3 Å². The van der Waals surface area contributed by atoms with E-state index in [1.165, 1.54) is 7.11 Å². The number of ketones is 1. The van der Waals surface area contributed by atoms with Crippen molar-refractivity contribution in [1.82, 2.24) is 0 Å². The molecule has 3 heteroatoms. The number of Topliss-reactive ketones (excluding diaryl/α,β-unsaturated/α-hetero) is 1. The number of rotatable bonds is 3. The van der Waals surface area contributed by atoms with Crippen molar-refractivity contribution in [2.45, 2.75) is 20.3 Å². The number of carbonyl (C=O) groups excluding carboxylic acids is 2. The van der Waals surface area contributed by atoms with Gasteiger partial charge in [0.05, 0.1) is 7.11 Å². The molecule has 1 unspecified atom stereocenters. The quantitative estimate of drug-likeness (QED) is 0.434. The van der Waals surface area contributed by atoms with Crippen LogP contribution >= 0.6 is 0 Å². The summed E-state index contributed by atoms with van der Waals surface area (Å²) in [5, 5.41) is 0. The Balaban J connectivity index is 3.95. The predicted molar refractivity (Wildman–Crippen MR) is 36.5 cm³/mol. The summed E-state index contributed by atoms with van der Waals surface area (Å²) in [4.78, 5) is 21.4. The van der Waals surface area contributed by atoms with Crippen LogP contribution in [-0.2, 0) is 14.3 Å². The Labute approximate surface area is 60.4 Å². The van der Waals surface area contributed by atoms with Gasteiger partial charge in [-0.05, 0) is 6.42 Å². The van der Waals surface area contributed by atoms with Gasteiger partial charge in [-0.3, -0.25) is 4.79 Å². The SMILES string of the molecule is CCC(C)C(=O)C(=O)OC. The highest BCUT2D eigenvalue weighted by atomic mass is 16.5. The van der Waals surface area contributed by atoms with Crippen LogP contribution in [0.15, 0.2) is 0 Å². The van der Waals surface area contributed by atoms with Crippen LogP contribution in [0.25, 0.3) is 0 Å². The first-order valence-electron chi connectivity index (χ1n) is 3.25. The summed E-state index contributed by atoms with van der Waals surface area (Å²) >= 11 is 0. The van der Waals surface area contributed by atoms with Crippen molar-refractivity contribution in [3.05, 3.63) is 0 Å². The number of esters is 1. The third-order valence-electron chi connectivity index (χ3n) is 1.45. The van der Waals surface area contributed by atoms with Crippen LogP contribution in [0.3, 0.4) is 0 Å². The van der Waals surface area contributed by atoms with E-state index in [0.29, 0.717) is 6.42 Å². The smallest absolute Gasteiger partial charge is 0.374 e. The highest BCUT2D eigenvalue weighted by Crippen LogP contribution is 2.02. The number of hydrogen-bond donors (Lipinski definition) is 0. The van der Waals surface area contributed by atoms with Crippen LogP contribution in [0, 0.1) is 5.92 Å². The molecule has 0 N–H and O–H groups in total. The summed E-state index contributed by atoms with van der Waals surface area (Å²) in [6.45, 7) is 3.56. The van der Waals surface area contributed by atoms with E-state index in [1.54, 1.807) is 6.92 Å². The van der Waals surface area contributed by atoms with Gasteiger partial charge in [0.15, 0.2) is 0 Å². The lowest BCUT2D eigenvalue weighted by Crippen LogP contribution is -2.22. The molecular formula is C7H12O3. The third-order valence-corrected chi connectivity index (χ3v) is 1.45. The van der Waals surface area contributed by atoms with Crippen molar-refractivity contribution in [1.29, 1.82) is 0 Å². The lowest BCUT2D eigenvalue weighted by molar-refractivity contribution is -0.153. The van der Waals surface area contributed by atoms with E-state index in [-0.39, 0.29) is 5.92 Å². The minimum absolute atomic E-state index is 0.215. The van der Waals surface area contributed by atoms with Crippen molar-refractivity contribution < 1.29 is 14.3 Å². The van der Waals surface area contributed by atoms with Gasteiger partial charge in [0, 0.05) is 5.92 Å². The Morgan fingerprint density at radius 1 is 1.50 bits per heavy atom. The molecule has 0 bridgehead atoms. The molecule has 0 radical (unpaired) electrons. The van der Waals surface area contributed by atoms with Gasteiger partial charge in [0.25, 0.3) is 0 Å². The summed E-state index contributed by atoms with van der Waals surface area (Å²) in [6, 6.07) is 0. The van der Waals surface area contributed by atoms with Crippen LogP contribution < -0.4 is 0 Å². The van der Waals surface area contributed by atoms with Crippen LogP contribution in [-0.4, -0.2) is 18.9 Å². The Bertz CT molecular complexity index is 140. The summed E-state index contributed by atoms with van der Waals surface area (Å²) in [6.07, 6.45) is 0.675. The molecule has 0 aromatic carbocycles. The van der Waals surface area contributed by atoms with Gasteiger partial charge in [0.2, 0.25) is 5.78 Å². The number of methoxy groups -OCH3 is 1. The van der Waals surface area contributed by atoms with E-state index in [9.17, 15) is 9.59 Å². The molecule has 0 aliphatic carbocycles. The maximum atomic E-state index is 10.8.